The Kier molecular flexibility index (Phi) is 3.68. The fourth-order valence-corrected chi connectivity index (χ4v) is 1.38. The van der Waals surface area contributed by atoms with Crippen LogP contribution in [0.25, 0.3) is 0 Å². The molecule has 0 aliphatic heterocycles. The van der Waals surface area contributed by atoms with Gasteiger partial charge in [0.1, 0.15) is 0 Å². The lowest BCUT2D eigenvalue weighted by Crippen LogP contribution is -2.39. The lowest BCUT2D eigenvalue weighted by Gasteiger charge is -2.10. The minimum Gasteiger partial charge on any atom is -0.370 e. The molecule has 0 atom stereocenters. The van der Waals surface area contributed by atoms with Crippen molar-refractivity contribution in [3.63, 3.8) is 0 Å². The van der Waals surface area contributed by atoms with Crippen LogP contribution in [0.3, 0.4) is 0 Å². The topological polar surface area (TPSA) is 97.8 Å². The van der Waals surface area contributed by atoms with Crippen LogP contribution < -0.4 is 16.4 Å². The number of halogens is 1. The van der Waals surface area contributed by atoms with E-state index in [0.717, 1.165) is 15.7 Å². The molecule has 6 N–H and O–H groups in total. The molecule has 0 spiro atoms. The Morgan fingerprint density at radius 2 is 2.07 bits per heavy atom. The van der Waals surface area contributed by atoms with Crippen molar-refractivity contribution in [2.75, 3.05) is 5.32 Å². The highest BCUT2D eigenvalue weighted by Crippen LogP contribution is 2.22. The van der Waals surface area contributed by atoms with Crippen LogP contribution >= 0.6 is 15.9 Å². The minimum absolute atomic E-state index is 0.0335. The number of guanidine groups is 2. The molecule has 15 heavy (non-hydrogen) atoms. The van der Waals surface area contributed by atoms with E-state index in [1.807, 2.05) is 25.1 Å². The number of aryl methyl sites for hydroxylation is 1. The van der Waals surface area contributed by atoms with E-state index in [0.29, 0.717) is 0 Å². The second-order valence-electron chi connectivity index (χ2n) is 3.02. The average Bonchev–Trinajstić information content (AvgIpc) is 2.10. The van der Waals surface area contributed by atoms with Gasteiger partial charge in [0.2, 0.25) is 0 Å². The monoisotopic (exact) mass is 269 g/mol. The van der Waals surface area contributed by atoms with Crippen molar-refractivity contribution in [2.45, 2.75) is 6.92 Å². The van der Waals surface area contributed by atoms with E-state index in [1.165, 1.54) is 0 Å². The first-order chi connectivity index (χ1) is 6.99. The Labute approximate surface area is 96.2 Å². The van der Waals surface area contributed by atoms with E-state index in [2.05, 4.69) is 26.6 Å². The third-order valence-corrected chi connectivity index (χ3v) is 2.33. The Hall–Kier alpha value is -1.56. The zero-order valence-electron chi connectivity index (χ0n) is 8.19. The van der Waals surface area contributed by atoms with Gasteiger partial charge in [-0.2, -0.15) is 0 Å². The summed E-state index contributed by atoms with van der Waals surface area (Å²) in [6, 6.07) is 5.73. The molecule has 0 aliphatic carbocycles. The Morgan fingerprint density at radius 3 is 2.67 bits per heavy atom. The summed E-state index contributed by atoms with van der Waals surface area (Å²) in [5.41, 5.74) is 6.93. The molecule has 1 rings (SSSR count). The van der Waals surface area contributed by atoms with E-state index < -0.39 is 0 Å². The fraction of sp³-hybridized carbons (Fsp3) is 0.111. The van der Waals surface area contributed by atoms with Crippen molar-refractivity contribution in [3.05, 3.63) is 28.2 Å². The van der Waals surface area contributed by atoms with Crippen LogP contribution in [-0.2, 0) is 0 Å². The van der Waals surface area contributed by atoms with Gasteiger partial charge in [-0.05, 0) is 40.5 Å². The summed E-state index contributed by atoms with van der Waals surface area (Å²) in [5.74, 6) is -0.301. The summed E-state index contributed by atoms with van der Waals surface area (Å²) in [7, 11) is 0. The Morgan fingerprint density at radius 1 is 1.40 bits per heavy atom. The van der Waals surface area contributed by atoms with Crippen LogP contribution in [0, 0.1) is 17.7 Å². The number of nitrogens with one attached hydrogen (secondary N) is 4. The van der Waals surface area contributed by atoms with Gasteiger partial charge in [0.05, 0.1) is 5.69 Å². The molecule has 0 aliphatic rings. The van der Waals surface area contributed by atoms with Crippen molar-refractivity contribution >= 4 is 33.5 Å². The lowest BCUT2D eigenvalue weighted by atomic mass is 10.2. The summed E-state index contributed by atoms with van der Waals surface area (Å²) in [6.07, 6.45) is 0. The van der Waals surface area contributed by atoms with Crippen LogP contribution in [-0.4, -0.2) is 11.9 Å². The van der Waals surface area contributed by atoms with Crippen molar-refractivity contribution in [1.82, 2.24) is 5.32 Å². The number of anilines is 1. The summed E-state index contributed by atoms with van der Waals surface area (Å²) in [5, 5.41) is 19.6. The van der Waals surface area contributed by atoms with E-state index in [-0.39, 0.29) is 11.9 Å². The number of rotatable bonds is 1. The third kappa shape index (κ3) is 3.59. The SMILES string of the molecule is Cc1ccc(Br)c(NC(=N)NC(=N)N)c1. The quantitative estimate of drug-likeness (QED) is 0.396. The highest BCUT2D eigenvalue weighted by Gasteiger charge is 2.02. The van der Waals surface area contributed by atoms with Gasteiger partial charge in [0.15, 0.2) is 11.9 Å². The van der Waals surface area contributed by atoms with Gasteiger partial charge in [-0.3, -0.25) is 16.1 Å². The number of hydrogen-bond donors (Lipinski definition) is 5. The van der Waals surface area contributed by atoms with Gasteiger partial charge in [0, 0.05) is 4.47 Å². The van der Waals surface area contributed by atoms with Gasteiger partial charge in [-0.25, -0.2) is 0 Å². The minimum atomic E-state index is -0.267. The maximum Gasteiger partial charge on any atom is 0.199 e. The van der Waals surface area contributed by atoms with Crippen LogP contribution in [0.15, 0.2) is 22.7 Å². The van der Waals surface area contributed by atoms with Crippen LogP contribution in [0.2, 0.25) is 0 Å². The molecule has 0 heterocycles. The maximum absolute atomic E-state index is 7.46. The fourth-order valence-electron chi connectivity index (χ4n) is 1.04. The smallest absolute Gasteiger partial charge is 0.199 e. The Bertz CT molecular complexity index is 401. The highest BCUT2D eigenvalue weighted by atomic mass is 79.9. The molecule has 1 aromatic carbocycles. The third-order valence-electron chi connectivity index (χ3n) is 1.64. The second-order valence-corrected chi connectivity index (χ2v) is 3.88. The number of nitrogens with two attached hydrogens (primary N) is 1. The van der Waals surface area contributed by atoms with Gasteiger partial charge < -0.3 is 11.1 Å². The molecule has 0 amide bonds. The summed E-state index contributed by atoms with van der Waals surface area (Å²) < 4.78 is 0.850. The van der Waals surface area contributed by atoms with Crippen LogP contribution in [0.4, 0.5) is 5.69 Å². The van der Waals surface area contributed by atoms with Gasteiger partial charge in [-0.15, -0.1) is 0 Å². The summed E-state index contributed by atoms with van der Waals surface area (Å²) in [4.78, 5) is 0. The molecule has 0 aromatic heterocycles. The molecular weight excluding hydrogens is 258 g/mol. The predicted octanol–water partition coefficient (Wildman–Crippen LogP) is 1.59. The normalized spacial score (nSPS) is 9.47. The molecule has 0 fully saturated rings. The van der Waals surface area contributed by atoms with Crippen LogP contribution in [0.1, 0.15) is 5.56 Å². The number of benzene rings is 1. The summed E-state index contributed by atoms with van der Waals surface area (Å²) in [6.45, 7) is 1.96. The van der Waals surface area contributed by atoms with Crippen molar-refractivity contribution in [1.29, 1.82) is 10.8 Å². The van der Waals surface area contributed by atoms with Crippen molar-refractivity contribution in [2.24, 2.45) is 5.73 Å². The molecule has 0 saturated heterocycles. The molecule has 0 bridgehead atoms. The zero-order valence-corrected chi connectivity index (χ0v) is 9.77. The molecule has 6 heteroatoms. The van der Waals surface area contributed by atoms with E-state index in [9.17, 15) is 0 Å². The van der Waals surface area contributed by atoms with Crippen LogP contribution in [0.5, 0.6) is 0 Å². The largest absolute Gasteiger partial charge is 0.370 e. The molecule has 80 valence electrons. The van der Waals surface area contributed by atoms with Crippen molar-refractivity contribution in [3.8, 4) is 0 Å². The first-order valence-corrected chi connectivity index (χ1v) is 5.01. The highest BCUT2D eigenvalue weighted by molar-refractivity contribution is 9.10. The first-order valence-electron chi connectivity index (χ1n) is 4.22. The molecule has 5 nitrogen and oxygen atoms in total. The van der Waals surface area contributed by atoms with E-state index in [4.69, 9.17) is 16.6 Å². The predicted molar refractivity (Wildman–Crippen MR) is 65.3 cm³/mol. The van der Waals surface area contributed by atoms with Gasteiger partial charge in [0.25, 0.3) is 0 Å². The Balaban J connectivity index is 2.76. The lowest BCUT2D eigenvalue weighted by molar-refractivity contribution is 1.20. The zero-order chi connectivity index (χ0) is 11.4. The van der Waals surface area contributed by atoms with E-state index in [1.54, 1.807) is 0 Å². The number of hydrogen-bond acceptors (Lipinski definition) is 2. The molecule has 1 aromatic rings. The van der Waals surface area contributed by atoms with Gasteiger partial charge in [-0.1, -0.05) is 6.07 Å². The molecule has 0 saturated carbocycles. The summed E-state index contributed by atoms with van der Waals surface area (Å²) >= 11 is 3.35. The maximum atomic E-state index is 7.46. The molecule has 0 radical (unpaired) electrons. The first kappa shape index (κ1) is 11.5. The molecular formula is C9H12BrN5. The molecule has 0 unspecified atom stereocenters. The standard InChI is InChI=1S/C9H12BrN5/c1-5-2-3-6(10)7(4-5)14-9(13)15-8(11)12/h2-4H,1H3,(H6,11,12,13,14,15). The van der Waals surface area contributed by atoms with Crippen molar-refractivity contribution < 1.29 is 0 Å². The second kappa shape index (κ2) is 4.79. The van der Waals surface area contributed by atoms with E-state index >= 15 is 0 Å². The average molecular weight is 270 g/mol. The van der Waals surface area contributed by atoms with Gasteiger partial charge >= 0.3 is 0 Å².